The smallest absolute Gasteiger partial charge is 0.348 e. The summed E-state index contributed by atoms with van der Waals surface area (Å²) in [4.78, 5) is 26.3. The van der Waals surface area contributed by atoms with Crippen molar-refractivity contribution in [2.45, 2.75) is 58.0 Å². The van der Waals surface area contributed by atoms with Crippen molar-refractivity contribution in [3.05, 3.63) is 0 Å². The molecule has 1 amide bonds. The quantitative estimate of drug-likeness (QED) is 0.619. The van der Waals surface area contributed by atoms with E-state index < -0.39 is 29.3 Å². The van der Waals surface area contributed by atoms with Crippen LogP contribution in [0.15, 0.2) is 0 Å². The molecule has 0 aromatic rings. The first-order valence-electron chi connectivity index (χ1n) is 7.30. The van der Waals surface area contributed by atoms with Crippen LogP contribution in [0.2, 0.25) is 0 Å². The topological polar surface area (TPSA) is 76.1 Å². The normalized spacial score (nSPS) is 34.0. The summed E-state index contributed by atoms with van der Waals surface area (Å²) >= 11 is 0. The molecule has 1 N–H and O–H groups in total. The lowest BCUT2D eigenvalue weighted by Gasteiger charge is -2.30. The molecular formula is C14H23NO5. The number of rotatable bonds is 3. The maximum absolute atomic E-state index is 12.7. The number of fused-ring (bicyclic) bond motifs is 1. The molecular weight excluding hydrogens is 262 g/mol. The molecule has 0 aliphatic carbocycles. The van der Waals surface area contributed by atoms with E-state index in [2.05, 4.69) is 0 Å². The van der Waals surface area contributed by atoms with E-state index in [0.29, 0.717) is 13.0 Å². The molecule has 0 bridgehead atoms. The Kier molecular flexibility index (Phi) is 4.07. The first kappa shape index (κ1) is 15.3. The minimum absolute atomic E-state index is 0.169. The molecule has 2 saturated heterocycles. The van der Waals surface area contributed by atoms with Crippen LogP contribution >= 0.6 is 0 Å². The molecule has 20 heavy (non-hydrogen) atoms. The summed E-state index contributed by atoms with van der Waals surface area (Å²) in [6, 6.07) is 0. The van der Waals surface area contributed by atoms with Crippen LogP contribution in [-0.2, 0) is 19.1 Å². The molecule has 2 aliphatic heterocycles. The highest BCUT2D eigenvalue weighted by molar-refractivity contribution is 6.08. The Morgan fingerprint density at radius 1 is 1.45 bits per heavy atom. The summed E-state index contributed by atoms with van der Waals surface area (Å²) in [6.07, 6.45) is 2.82. The summed E-state index contributed by atoms with van der Waals surface area (Å²) in [5, 5.41) is 10.6. The number of nitrogens with zero attached hydrogens (tertiary/aromatic N) is 1. The van der Waals surface area contributed by atoms with Gasteiger partial charge >= 0.3 is 5.97 Å². The Morgan fingerprint density at radius 3 is 2.75 bits per heavy atom. The molecule has 0 aromatic carbocycles. The van der Waals surface area contributed by atoms with Gasteiger partial charge in [-0.1, -0.05) is 20.3 Å². The van der Waals surface area contributed by atoms with Crippen molar-refractivity contribution < 1.29 is 24.2 Å². The minimum atomic E-state index is -1.72. The average Bonchev–Trinajstić information content (AvgIpc) is 2.51. The van der Waals surface area contributed by atoms with Gasteiger partial charge in [0.25, 0.3) is 11.8 Å². The predicted molar refractivity (Wildman–Crippen MR) is 70.4 cm³/mol. The zero-order valence-electron chi connectivity index (χ0n) is 12.3. The van der Waals surface area contributed by atoms with Gasteiger partial charge < -0.3 is 14.6 Å². The molecule has 0 radical (unpaired) electrons. The molecule has 2 unspecified atom stereocenters. The van der Waals surface area contributed by atoms with E-state index in [1.165, 1.54) is 4.90 Å². The van der Waals surface area contributed by atoms with E-state index in [1.54, 1.807) is 20.8 Å². The Bertz CT molecular complexity index is 410. The van der Waals surface area contributed by atoms with Gasteiger partial charge in [0, 0.05) is 18.9 Å². The Hall–Kier alpha value is -1.14. The highest BCUT2D eigenvalue weighted by atomic mass is 16.7. The van der Waals surface area contributed by atoms with Crippen molar-refractivity contribution in [3.8, 4) is 0 Å². The number of amides is 1. The molecule has 2 atom stereocenters. The summed E-state index contributed by atoms with van der Waals surface area (Å²) in [5.41, 5.74) is -1.72. The third kappa shape index (κ3) is 2.11. The average molecular weight is 285 g/mol. The van der Waals surface area contributed by atoms with E-state index in [0.717, 1.165) is 19.3 Å². The fourth-order valence-corrected chi connectivity index (χ4v) is 2.95. The van der Waals surface area contributed by atoms with Crippen molar-refractivity contribution in [2.24, 2.45) is 5.92 Å². The standard InChI is InChI=1S/C14H23NO5/c1-4-19-12(17)14(10(2)3)11(16)15-9-7-5-6-8-13(15,18)20-14/h10,18H,4-9H2,1-3H3. The Labute approximate surface area is 119 Å². The fourth-order valence-electron chi connectivity index (χ4n) is 2.95. The number of ether oxygens (including phenoxy) is 2. The van der Waals surface area contributed by atoms with Gasteiger partial charge in [-0.05, 0) is 19.8 Å². The molecule has 2 rings (SSSR count). The Morgan fingerprint density at radius 2 is 2.15 bits per heavy atom. The van der Waals surface area contributed by atoms with E-state index in [4.69, 9.17) is 9.47 Å². The molecule has 2 heterocycles. The van der Waals surface area contributed by atoms with Crippen LogP contribution in [0.3, 0.4) is 0 Å². The molecule has 6 nitrogen and oxygen atoms in total. The van der Waals surface area contributed by atoms with Crippen LogP contribution < -0.4 is 0 Å². The van der Waals surface area contributed by atoms with Crippen LogP contribution in [0.4, 0.5) is 0 Å². The van der Waals surface area contributed by atoms with Gasteiger partial charge in [-0.25, -0.2) is 4.79 Å². The van der Waals surface area contributed by atoms with Crippen LogP contribution in [0.1, 0.15) is 46.5 Å². The zero-order valence-corrected chi connectivity index (χ0v) is 12.3. The van der Waals surface area contributed by atoms with Gasteiger partial charge in [0.05, 0.1) is 6.61 Å². The third-order valence-corrected chi connectivity index (χ3v) is 4.08. The molecule has 0 aromatic heterocycles. The van der Waals surface area contributed by atoms with E-state index in [-0.39, 0.29) is 6.61 Å². The minimum Gasteiger partial charge on any atom is -0.463 e. The molecule has 114 valence electrons. The monoisotopic (exact) mass is 285 g/mol. The first-order chi connectivity index (χ1) is 9.38. The lowest BCUT2D eigenvalue weighted by Crippen LogP contribution is -2.52. The Balaban J connectivity index is 2.40. The second-order valence-electron chi connectivity index (χ2n) is 5.72. The number of hydrogen-bond acceptors (Lipinski definition) is 5. The van der Waals surface area contributed by atoms with Crippen molar-refractivity contribution in [1.82, 2.24) is 4.90 Å². The van der Waals surface area contributed by atoms with Gasteiger partial charge in [-0.2, -0.15) is 0 Å². The zero-order chi connectivity index (χ0) is 15.0. The van der Waals surface area contributed by atoms with Crippen LogP contribution in [-0.4, -0.2) is 46.5 Å². The molecule has 6 heteroatoms. The SMILES string of the molecule is CCOC(=O)C1(C(C)C)OC2(O)CCCCCN2C1=O. The van der Waals surface area contributed by atoms with Gasteiger partial charge in [0.1, 0.15) is 0 Å². The predicted octanol–water partition coefficient (Wildman–Crippen LogP) is 1.02. The highest BCUT2D eigenvalue weighted by Crippen LogP contribution is 2.43. The highest BCUT2D eigenvalue weighted by Gasteiger charge is 2.66. The molecule has 2 aliphatic rings. The largest absolute Gasteiger partial charge is 0.463 e. The van der Waals surface area contributed by atoms with Crippen molar-refractivity contribution >= 4 is 11.9 Å². The number of carbonyl (C=O) groups excluding carboxylic acids is 2. The lowest BCUT2D eigenvalue weighted by atomic mass is 9.89. The second-order valence-corrected chi connectivity index (χ2v) is 5.72. The lowest BCUT2D eigenvalue weighted by molar-refractivity contribution is -0.280. The summed E-state index contributed by atoms with van der Waals surface area (Å²) in [5.74, 6) is -3.27. The van der Waals surface area contributed by atoms with Crippen molar-refractivity contribution in [2.75, 3.05) is 13.2 Å². The fraction of sp³-hybridized carbons (Fsp3) is 0.857. The van der Waals surface area contributed by atoms with Gasteiger partial charge in [-0.3, -0.25) is 9.69 Å². The maximum atomic E-state index is 12.7. The number of hydrogen-bond donors (Lipinski definition) is 1. The molecule has 0 saturated carbocycles. The van der Waals surface area contributed by atoms with Gasteiger partial charge in [0.15, 0.2) is 0 Å². The van der Waals surface area contributed by atoms with Gasteiger partial charge in [0.2, 0.25) is 5.60 Å². The summed E-state index contributed by atoms with van der Waals surface area (Å²) < 4.78 is 10.7. The van der Waals surface area contributed by atoms with Crippen LogP contribution in [0.25, 0.3) is 0 Å². The molecule has 2 fully saturated rings. The van der Waals surface area contributed by atoms with E-state index >= 15 is 0 Å². The van der Waals surface area contributed by atoms with Crippen LogP contribution in [0, 0.1) is 5.92 Å². The van der Waals surface area contributed by atoms with Crippen molar-refractivity contribution in [3.63, 3.8) is 0 Å². The summed E-state index contributed by atoms with van der Waals surface area (Å²) in [7, 11) is 0. The third-order valence-electron chi connectivity index (χ3n) is 4.08. The van der Waals surface area contributed by atoms with Crippen LogP contribution in [0.5, 0.6) is 0 Å². The van der Waals surface area contributed by atoms with E-state index in [1.807, 2.05) is 0 Å². The molecule has 0 spiro atoms. The van der Waals surface area contributed by atoms with Crippen molar-refractivity contribution in [1.29, 1.82) is 0 Å². The second kappa shape index (κ2) is 5.33. The van der Waals surface area contributed by atoms with Gasteiger partial charge in [-0.15, -0.1) is 0 Å². The van der Waals surface area contributed by atoms with E-state index in [9.17, 15) is 14.7 Å². The first-order valence-corrected chi connectivity index (χ1v) is 7.30. The maximum Gasteiger partial charge on any atom is 0.348 e. The summed E-state index contributed by atoms with van der Waals surface area (Å²) in [6.45, 7) is 5.71. The number of carbonyl (C=O) groups is 2. The number of aliphatic hydroxyl groups is 1. The number of esters is 1.